The summed E-state index contributed by atoms with van der Waals surface area (Å²) in [6, 6.07) is 3.32. The Bertz CT molecular complexity index is 619. The summed E-state index contributed by atoms with van der Waals surface area (Å²) in [4.78, 5) is 29.5. The van der Waals surface area contributed by atoms with Gasteiger partial charge in [0.1, 0.15) is 11.4 Å². The molecule has 0 spiro atoms. The molecule has 1 unspecified atom stereocenters. The molecular formula is C12H15N5O2S. The van der Waals surface area contributed by atoms with Gasteiger partial charge in [0.2, 0.25) is 5.91 Å². The van der Waals surface area contributed by atoms with Crippen molar-refractivity contribution in [3.8, 4) is 6.07 Å². The zero-order valence-corrected chi connectivity index (χ0v) is 11.8. The number of nitrogen functional groups attached to an aromatic ring is 1. The van der Waals surface area contributed by atoms with Gasteiger partial charge in [0.25, 0.3) is 5.56 Å². The van der Waals surface area contributed by atoms with Gasteiger partial charge >= 0.3 is 0 Å². The largest absolute Gasteiger partial charge is 0.383 e. The van der Waals surface area contributed by atoms with E-state index >= 15 is 0 Å². The van der Waals surface area contributed by atoms with Crippen LogP contribution in [-0.4, -0.2) is 27.2 Å². The van der Waals surface area contributed by atoms with Crippen molar-refractivity contribution < 1.29 is 4.79 Å². The highest BCUT2D eigenvalue weighted by molar-refractivity contribution is 7.99. The summed E-state index contributed by atoms with van der Waals surface area (Å²) in [5.41, 5.74) is 4.28. The molecule has 1 amide bonds. The van der Waals surface area contributed by atoms with E-state index in [1.54, 1.807) is 6.92 Å². The van der Waals surface area contributed by atoms with E-state index in [1.807, 2.05) is 0 Å². The number of aromatic nitrogens is 2. The second-order valence-corrected chi connectivity index (χ2v) is 5.86. The summed E-state index contributed by atoms with van der Waals surface area (Å²) in [5, 5.41) is 12.2. The number of nitrogens with one attached hydrogen (secondary N) is 2. The number of nitriles is 1. The van der Waals surface area contributed by atoms with Gasteiger partial charge in [-0.15, -0.1) is 0 Å². The Morgan fingerprint density at radius 3 is 3.00 bits per heavy atom. The second kappa shape index (κ2) is 5.54. The molecule has 1 atom stereocenters. The smallest absolute Gasteiger partial charge is 0.253 e. The van der Waals surface area contributed by atoms with E-state index in [1.165, 1.54) is 6.07 Å². The monoisotopic (exact) mass is 293 g/mol. The minimum atomic E-state index is -0.811. The van der Waals surface area contributed by atoms with Gasteiger partial charge in [-0.25, -0.2) is 4.98 Å². The van der Waals surface area contributed by atoms with Gasteiger partial charge in [0.15, 0.2) is 5.16 Å². The van der Waals surface area contributed by atoms with Crippen LogP contribution in [0.5, 0.6) is 0 Å². The summed E-state index contributed by atoms with van der Waals surface area (Å²) in [6.07, 6.45) is 1.92. The first-order chi connectivity index (χ1) is 9.43. The van der Waals surface area contributed by atoms with Crippen LogP contribution in [-0.2, 0) is 4.79 Å². The molecule has 1 aromatic heterocycles. The van der Waals surface area contributed by atoms with E-state index in [0.717, 1.165) is 24.6 Å². The fraction of sp³-hybridized carbons (Fsp3) is 0.500. The number of anilines is 1. The van der Waals surface area contributed by atoms with Gasteiger partial charge < -0.3 is 16.0 Å². The first-order valence-electron chi connectivity index (χ1n) is 6.15. The standard InChI is InChI=1S/C12H15N5O2S/c1-12(6-13,7-2-3-7)17-10(19)5-20-11-15-8(14)4-9(18)16-11/h4,7H,2-3,5H2,1H3,(H,17,19)(H3,14,15,16,18). The van der Waals surface area contributed by atoms with Gasteiger partial charge in [-0.2, -0.15) is 5.26 Å². The van der Waals surface area contributed by atoms with Crippen molar-refractivity contribution >= 4 is 23.5 Å². The molecule has 8 heteroatoms. The van der Waals surface area contributed by atoms with E-state index in [-0.39, 0.29) is 34.1 Å². The fourth-order valence-electron chi connectivity index (χ4n) is 1.86. The van der Waals surface area contributed by atoms with Crippen LogP contribution in [0.25, 0.3) is 0 Å². The molecule has 1 fully saturated rings. The minimum Gasteiger partial charge on any atom is -0.383 e. The van der Waals surface area contributed by atoms with Crippen molar-refractivity contribution in [3.05, 3.63) is 16.4 Å². The highest BCUT2D eigenvalue weighted by atomic mass is 32.2. The van der Waals surface area contributed by atoms with Crippen LogP contribution in [0.1, 0.15) is 19.8 Å². The molecule has 0 bridgehead atoms. The highest BCUT2D eigenvalue weighted by Crippen LogP contribution is 2.39. The lowest BCUT2D eigenvalue weighted by Gasteiger charge is -2.22. The predicted octanol–water partition coefficient (Wildman–Crippen LogP) is 0.253. The predicted molar refractivity (Wildman–Crippen MR) is 74.9 cm³/mol. The number of hydrogen-bond acceptors (Lipinski definition) is 6. The molecule has 7 nitrogen and oxygen atoms in total. The number of carbonyl (C=O) groups excluding carboxylic acids is 1. The molecule has 1 heterocycles. The molecule has 20 heavy (non-hydrogen) atoms. The molecule has 1 aliphatic carbocycles. The Labute approximate surface area is 120 Å². The minimum absolute atomic E-state index is 0.0659. The lowest BCUT2D eigenvalue weighted by atomic mass is 9.98. The topological polar surface area (TPSA) is 125 Å². The molecule has 0 radical (unpaired) electrons. The maximum atomic E-state index is 11.9. The molecule has 0 saturated heterocycles. The van der Waals surface area contributed by atoms with Gasteiger partial charge in [-0.05, 0) is 25.7 Å². The number of amides is 1. The summed E-state index contributed by atoms with van der Waals surface area (Å²) < 4.78 is 0. The van der Waals surface area contributed by atoms with Crippen LogP contribution in [0.3, 0.4) is 0 Å². The lowest BCUT2D eigenvalue weighted by Crippen LogP contribution is -2.47. The maximum absolute atomic E-state index is 11.9. The average Bonchev–Trinajstić information content (AvgIpc) is 3.19. The van der Waals surface area contributed by atoms with E-state index in [4.69, 9.17) is 11.0 Å². The summed E-state index contributed by atoms with van der Waals surface area (Å²) in [6.45, 7) is 1.73. The fourth-order valence-corrected chi connectivity index (χ4v) is 2.55. The Hall–Kier alpha value is -2.01. The quantitative estimate of drug-likeness (QED) is 0.528. The zero-order valence-electron chi connectivity index (χ0n) is 11.0. The van der Waals surface area contributed by atoms with E-state index in [9.17, 15) is 9.59 Å². The number of thioether (sulfide) groups is 1. The van der Waals surface area contributed by atoms with Crippen molar-refractivity contribution in [1.29, 1.82) is 5.26 Å². The SMILES string of the molecule is CC(C#N)(NC(=O)CSc1nc(N)cc(=O)[nH]1)C1CC1. The van der Waals surface area contributed by atoms with Crippen molar-refractivity contribution in [2.24, 2.45) is 5.92 Å². The number of nitrogens with zero attached hydrogens (tertiary/aromatic N) is 2. The highest BCUT2D eigenvalue weighted by Gasteiger charge is 2.42. The maximum Gasteiger partial charge on any atom is 0.253 e. The Morgan fingerprint density at radius 1 is 1.75 bits per heavy atom. The molecule has 1 saturated carbocycles. The van der Waals surface area contributed by atoms with Crippen LogP contribution < -0.4 is 16.6 Å². The average molecular weight is 293 g/mol. The van der Waals surface area contributed by atoms with E-state index in [2.05, 4.69) is 21.4 Å². The summed E-state index contributed by atoms with van der Waals surface area (Å²) in [5.74, 6) is 0.135. The molecular weight excluding hydrogens is 278 g/mol. The van der Waals surface area contributed by atoms with Crippen molar-refractivity contribution in [2.75, 3.05) is 11.5 Å². The third-order valence-electron chi connectivity index (χ3n) is 3.10. The third-order valence-corrected chi connectivity index (χ3v) is 3.98. The number of H-pyrrole nitrogens is 1. The normalized spacial score (nSPS) is 17.0. The van der Waals surface area contributed by atoms with Gasteiger partial charge in [0, 0.05) is 6.07 Å². The third kappa shape index (κ3) is 3.51. The lowest BCUT2D eigenvalue weighted by molar-refractivity contribution is -0.119. The van der Waals surface area contributed by atoms with Gasteiger partial charge in [-0.1, -0.05) is 11.8 Å². The van der Waals surface area contributed by atoms with E-state index in [0.29, 0.717) is 0 Å². The van der Waals surface area contributed by atoms with Crippen molar-refractivity contribution in [1.82, 2.24) is 15.3 Å². The zero-order chi connectivity index (χ0) is 14.8. The van der Waals surface area contributed by atoms with E-state index < -0.39 is 5.54 Å². The molecule has 0 aliphatic heterocycles. The number of hydrogen-bond donors (Lipinski definition) is 3. The number of nitrogens with two attached hydrogens (primary N) is 1. The van der Waals surface area contributed by atoms with Crippen LogP contribution in [0.2, 0.25) is 0 Å². The summed E-state index contributed by atoms with van der Waals surface area (Å²) >= 11 is 1.07. The first kappa shape index (κ1) is 14.4. The van der Waals surface area contributed by atoms with Crippen LogP contribution >= 0.6 is 11.8 Å². The number of carbonyl (C=O) groups is 1. The molecule has 106 valence electrons. The molecule has 4 N–H and O–H groups in total. The van der Waals surface area contributed by atoms with Gasteiger partial charge in [-0.3, -0.25) is 9.59 Å². The first-order valence-corrected chi connectivity index (χ1v) is 7.13. The molecule has 1 aromatic rings. The Kier molecular flexibility index (Phi) is 3.99. The van der Waals surface area contributed by atoms with Crippen LogP contribution in [0, 0.1) is 17.2 Å². The number of rotatable bonds is 5. The second-order valence-electron chi connectivity index (χ2n) is 4.90. The van der Waals surface area contributed by atoms with Crippen molar-refractivity contribution in [2.45, 2.75) is 30.5 Å². The van der Waals surface area contributed by atoms with Crippen LogP contribution in [0.4, 0.5) is 5.82 Å². The van der Waals surface area contributed by atoms with Crippen molar-refractivity contribution in [3.63, 3.8) is 0 Å². The Morgan fingerprint density at radius 2 is 2.45 bits per heavy atom. The molecule has 1 aliphatic rings. The van der Waals surface area contributed by atoms with Gasteiger partial charge in [0.05, 0.1) is 11.8 Å². The van der Waals surface area contributed by atoms with Crippen LogP contribution in [0.15, 0.2) is 16.0 Å². The number of aromatic amines is 1. The molecule has 0 aromatic carbocycles. The summed E-state index contributed by atoms with van der Waals surface area (Å²) in [7, 11) is 0. The molecule has 2 rings (SSSR count). The Balaban J connectivity index is 1.92.